The lowest BCUT2D eigenvalue weighted by molar-refractivity contribution is 0.0944. The van der Waals surface area contributed by atoms with E-state index in [9.17, 15) is 4.79 Å². The van der Waals surface area contributed by atoms with Gasteiger partial charge in [0.05, 0.1) is 18.9 Å². The van der Waals surface area contributed by atoms with Gasteiger partial charge in [-0.25, -0.2) is 9.97 Å². The Morgan fingerprint density at radius 3 is 3.00 bits per heavy atom. The highest BCUT2D eigenvalue weighted by molar-refractivity contribution is 6.29. The number of rotatable bonds is 3. The molecule has 0 radical (unpaired) electrons. The van der Waals surface area contributed by atoms with E-state index in [-0.39, 0.29) is 16.8 Å². The first-order valence-corrected chi connectivity index (χ1v) is 5.26. The van der Waals surface area contributed by atoms with E-state index in [2.05, 4.69) is 20.3 Å². The average Bonchev–Trinajstić information content (AvgIpc) is 2.72. The first-order valence-electron chi connectivity index (χ1n) is 4.89. The Bertz CT molecular complexity index is 539. The van der Waals surface area contributed by atoms with Crippen molar-refractivity contribution >= 4 is 17.5 Å². The summed E-state index contributed by atoms with van der Waals surface area (Å²) in [6.07, 6.45) is 6.21. The Balaban J connectivity index is 2.01. The molecule has 2 aromatic rings. The van der Waals surface area contributed by atoms with Crippen molar-refractivity contribution in [2.45, 2.75) is 6.54 Å². The van der Waals surface area contributed by atoms with Crippen LogP contribution in [0.25, 0.3) is 0 Å². The zero-order valence-corrected chi connectivity index (χ0v) is 9.85. The van der Waals surface area contributed by atoms with Crippen LogP contribution >= 0.6 is 11.6 Å². The Morgan fingerprint density at radius 2 is 2.35 bits per heavy atom. The Hall–Kier alpha value is -1.95. The molecule has 0 aliphatic rings. The van der Waals surface area contributed by atoms with Gasteiger partial charge in [-0.2, -0.15) is 0 Å². The Morgan fingerprint density at radius 1 is 1.53 bits per heavy atom. The molecule has 2 heterocycles. The van der Waals surface area contributed by atoms with Crippen molar-refractivity contribution < 1.29 is 4.79 Å². The van der Waals surface area contributed by atoms with Gasteiger partial charge in [-0.15, -0.1) is 0 Å². The molecule has 0 atom stereocenters. The maximum absolute atomic E-state index is 11.7. The van der Waals surface area contributed by atoms with E-state index in [1.54, 1.807) is 12.4 Å². The van der Waals surface area contributed by atoms with Crippen LogP contribution < -0.4 is 5.32 Å². The molecule has 2 rings (SSSR count). The summed E-state index contributed by atoms with van der Waals surface area (Å²) >= 11 is 5.64. The van der Waals surface area contributed by atoms with Gasteiger partial charge in [-0.05, 0) is 0 Å². The third-order valence-corrected chi connectivity index (χ3v) is 2.35. The van der Waals surface area contributed by atoms with Crippen LogP contribution in [0, 0.1) is 0 Å². The molecule has 0 unspecified atom stereocenters. The van der Waals surface area contributed by atoms with Crippen molar-refractivity contribution in [3.8, 4) is 0 Å². The first-order chi connectivity index (χ1) is 8.16. The molecule has 17 heavy (non-hydrogen) atoms. The third-order valence-electron chi connectivity index (χ3n) is 2.17. The summed E-state index contributed by atoms with van der Waals surface area (Å²) in [4.78, 5) is 23.4. The lowest BCUT2D eigenvalue weighted by Crippen LogP contribution is -2.25. The number of carbonyl (C=O) groups excluding carboxylic acids is 1. The molecule has 0 aliphatic heterocycles. The van der Waals surface area contributed by atoms with Crippen molar-refractivity contribution in [1.29, 1.82) is 0 Å². The average molecular weight is 252 g/mol. The van der Waals surface area contributed by atoms with Crippen molar-refractivity contribution in [2.75, 3.05) is 0 Å². The molecular weight excluding hydrogens is 242 g/mol. The molecule has 0 spiro atoms. The number of aromatic nitrogens is 4. The second kappa shape index (κ2) is 4.92. The fourth-order valence-corrected chi connectivity index (χ4v) is 1.42. The monoisotopic (exact) mass is 251 g/mol. The van der Waals surface area contributed by atoms with Gasteiger partial charge < -0.3 is 9.88 Å². The molecule has 1 N–H and O–H groups in total. The van der Waals surface area contributed by atoms with Crippen LogP contribution in [-0.4, -0.2) is 25.4 Å². The highest BCUT2D eigenvalue weighted by Crippen LogP contribution is 2.02. The SMILES string of the molecule is Cn1ccnc1CNC(=O)c1cncc(Cl)n1. The van der Waals surface area contributed by atoms with E-state index in [1.807, 2.05) is 11.6 Å². The molecule has 2 aromatic heterocycles. The number of nitrogens with zero attached hydrogens (tertiary/aromatic N) is 4. The van der Waals surface area contributed by atoms with Crippen molar-refractivity contribution in [2.24, 2.45) is 7.05 Å². The molecular formula is C10H10ClN5O. The standard InChI is InChI=1S/C10H10ClN5O/c1-16-3-2-13-9(16)6-14-10(17)7-4-12-5-8(11)15-7/h2-5H,6H2,1H3,(H,14,17). The molecule has 0 bridgehead atoms. The van der Waals surface area contributed by atoms with Crippen molar-refractivity contribution in [3.05, 3.63) is 41.5 Å². The van der Waals surface area contributed by atoms with Crippen LogP contribution in [0.2, 0.25) is 5.15 Å². The molecule has 0 aliphatic carbocycles. The third kappa shape index (κ3) is 2.79. The predicted molar refractivity (Wildman–Crippen MR) is 61.4 cm³/mol. The maximum Gasteiger partial charge on any atom is 0.271 e. The van der Waals surface area contributed by atoms with Gasteiger partial charge >= 0.3 is 0 Å². The summed E-state index contributed by atoms with van der Waals surface area (Å²) in [5.41, 5.74) is 0.187. The first kappa shape index (κ1) is 11.5. The van der Waals surface area contributed by atoms with E-state index in [0.717, 1.165) is 5.82 Å². The van der Waals surface area contributed by atoms with Gasteiger partial charge in [0, 0.05) is 19.4 Å². The molecule has 6 nitrogen and oxygen atoms in total. The minimum Gasteiger partial charge on any atom is -0.343 e. The molecule has 0 saturated carbocycles. The van der Waals surface area contributed by atoms with Gasteiger partial charge in [-0.3, -0.25) is 9.78 Å². The number of hydrogen-bond acceptors (Lipinski definition) is 4. The van der Waals surface area contributed by atoms with Crippen LogP contribution in [-0.2, 0) is 13.6 Å². The number of aryl methyl sites for hydroxylation is 1. The second-order valence-corrected chi connectivity index (χ2v) is 3.75. The number of imidazole rings is 1. The quantitative estimate of drug-likeness (QED) is 0.876. The minimum atomic E-state index is -0.331. The van der Waals surface area contributed by atoms with Crippen molar-refractivity contribution in [1.82, 2.24) is 24.8 Å². The van der Waals surface area contributed by atoms with Gasteiger partial charge in [0.15, 0.2) is 0 Å². The summed E-state index contributed by atoms with van der Waals surface area (Å²) in [5.74, 6) is 0.427. The van der Waals surface area contributed by atoms with Gasteiger partial charge in [0.2, 0.25) is 0 Å². The summed E-state index contributed by atoms with van der Waals surface area (Å²) in [5, 5.41) is 2.88. The fourth-order valence-electron chi connectivity index (χ4n) is 1.27. The Labute approximate surface area is 103 Å². The normalized spacial score (nSPS) is 10.2. The van der Waals surface area contributed by atoms with Crippen LogP contribution in [0.3, 0.4) is 0 Å². The van der Waals surface area contributed by atoms with E-state index in [4.69, 9.17) is 11.6 Å². The molecule has 0 saturated heterocycles. The van der Waals surface area contributed by atoms with E-state index in [0.29, 0.717) is 6.54 Å². The Kier molecular flexibility index (Phi) is 3.34. The van der Waals surface area contributed by atoms with Gasteiger partial charge in [0.1, 0.15) is 16.7 Å². The van der Waals surface area contributed by atoms with Crippen LogP contribution in [0.4, 0.5) is 0 Å². The number of amides is 1. The summed E-state index contributed by atoms with van der Waals surface area (Å²) in [6.45, 7) is 0.330. The zero-order valence-electron chi connectivity index (χ0n) is 9.09. The largest absolute Gasteiger partial charge is 0.343 e. The fraction of sp³-hybridized carbons (Fsp3) is 0.200. The molecule has 88 valence electrons. The van der Waals surface area contributed by atoms with Crippen LogP contribution in [0.1, 0.15) is 16.3 Å². The summed E-state index contributed by atoms with van der Waals surface area (Å²) in [6, 6.07) is 0. The molecule has 7 heteroatoms. The zero-order chi connectivity index (χ0) is 12.3. The predicted octanol–water partition coefficient (Wildman–Crippen LogP) is 0.794. The summed E-state index contributed by atoms with van der Waals surface area (Å²) < 4.78 is 1.82. The van der Waals surface area contributed by atoms with E-state index >= 15 is 0 Å². The van der Waals surface area contributed by atoms with Crippen LogP contribution in [0.15, 0.2) is 24.8 Å². The van der Waals surface area contributed by atoms with Gasteiger partial charge in [0.25, 0.3) is 5.91 Å². The van der Waals surface area contributed by atoms with Crippen LogP contribution in [0.5, 0.6) is 0 Å². The van der Waals surface area contributed by atoms with Crippen molar-refractivity contribution in [3.63, 3.8) is 0 Å². The number of hydrogen-bond donors (Lipinski definition) is 1. The topological polar surface area (TPSA) is 72.7 Å². The maximum atomic E-state index is 11.7. The minimum absolute atomic E-state index is 0.187. The number of nitrogens with one attached hydrogen (secondary N) is 1. The van der Waals surface area contributed by atoms with E-state index in [1.165, 1.54) is 12.4 Å². The smallest absolute Gasteiger partial charge is 0.271 e. The molecule has 0 aromatic carbocycles. The highest BCUT2D eigenvalue weighted by Gasteiger charge is 2.09. The molecule has 0 fully saturated rings. The highest BCUT2D eigenvalue weighted by atomic mass is 35.5. The number of halogens is 1. The van der Waals surface area contributed by atoms with Gasteiger partial charge in [-0.1, -0.05) is 11.6 Å². The van der Waals surface area contributed by atoms with E-state index < -0.39 is 0 Å². The number of carbonyl (C=O) groups is 1. The molecule has 1 amide bonds. The second-order valence-electron chi connectivity index (χ2n) is 3.36. The lowest BCUT2D eigenvalue weighted by Gasteiger charge is -2.04. The lowest BCUT2D eigenvalue weighted by atomic mass is 10.4. The summed E-state index contributed by atoms with van der Waals surface area (Å²) in [7, 11) is 1.85.